The number of halogens is 8. The van der Waals surface area contributed by atoms with Crippen molar-refractivity contribution in [2.45, 2.75) is 12.8 Å². The van der Waals surface area contributed by atoms with Crippen LogP contribution in [0.25, 0.3) is 0 Å². The maximum absolute atomic E-state index is 3.62. The van der Waals surface area contributed by atoms with E-state index in [-0.39, 0.29) is 0 Å². The van der Waals surface area contributed by atoms with Gasteiger partial charge >= 0.3 is 0 Å². The molecule has 0 bridgehead atoms. The van der Waals surface area contributed by atoms with Gasteiger partial charge in [0.05, 0.1) is 0 Å². The Balaban J connectivity index is 2.32. The molecule has 116 valence electrons. The maximum Gasteiger partial charge on any atom is 0.0477 e. The first kappa shape index (κ1) is 20.6. The SMILES string of the molecule is Brc1[c]c(CCc2[c]c(Br)c(Br)c(Br)c2Br)c(Br)c(Br)c1Br. The average Bonchev–Trinajstić information content (AvgIpc) is 2.49. The molecule has 0 N–H and O–H groups in total. The van der Waals surface area contributed by atoms with Crippen molar-refractivity contribution in [3.8, 4) is 0 Å². The quantitative estimate of drug-likeness (QED) is 0.215. The Morgan fingerprint density at radius 3 is 1.09 bits per heavy atom. The van der Waals surface area contributed by atoms with Crippen LogP contribution in [0.5, 0.6) is 0 Å². The fourth-order valence-corrected chi connectivity index (χ4v) is 6.13. The zero-order chi connectivity index (χ0) is 16.6. The van der Waals surface area contributed by atoms with Crippen molar-refractivity contribution < 1.29 is 0 Å². The summed E-state index contributed by atoms with van der Waals surface area (Å²) in [6, 6.07) is 6.69. The highest BCUT2D eigenvalue weighted by molar-refractivity contribution is 9.15. The van der Waals surface area contributed by atoms with Crippen molar-refractivity contribution >= 4 is 127 Å². The molecule has 8 heteroatoms. The molecule has 0 saturated carbocycles. The van der Waals surface area contributed by atoms with Gasteiger partial charge in [-0.15, -0.1) is 0 Å². The van der Waals surface area contributed by atoms with Gasteiger partial charge in [0.2, 0.25) is 0 Å². The van der Waals surface area contributed by atoms with Gasteiger partial charge in [0.15, 0.2) is 0 Å². The molecule has 2 rings (SSSR count). The van der Waals surface area contributed by atoms with E-state index in [0.717, 1.165) is 59.8 Å². The first-order valence-electron chi connectivity index (χ1n) is 5.72. The van der Waals surface area contributed by atoms with Gasteiger partial charge in [-0.3, -0.25) is 0 Å². The van der Waals surface area contributed by atoms with Gasteiger partial charge in [-0.05, 0) is 151 Å². The Morgan fingerprint density at radius 2 is 0.773 bits per heavy atom. The van der Waals surface area contributed by atoms with E-state index >= 15 is 0 Å². The highest BCUT2D eigenvalue weighted by Crippen LogP contribution is 2.41. The van der Waals surface area contributed by atoms with Crippen molar-refractivity contribution in [3.05, 3.63) is 59.0 Å². The molecule has 2 aromatic rings. The van der Waals surface area contributed by atoms with Crippen molar-refractivity contribution in [2.75, 3.05) is 0 Å². The van der Waals surface area contributed by atoms with Crippen LogP contribution < -0.4 is 0 Å². The summed E-state index contributed by atoms with van der Waals surface area (Å²) in [6.45, 7) is 0. The first-order valence-corrected chi connectivity index (χ1v) is 12.1. The molecule has 0 heterocycles. The molecule has 0 aliphatic heterocycles. The summed E-state index contributed by atoms with van der Waals surface area (Å²) in [6.07, 6.45) is 1.67. The molecule has 22 heavy (non-hydrogen) atoms. The molecule has 2 aromatic carbocycles. The number of aryl methyl sites for hydroxylation is 2. The predicted octanol–water partition coefficient (Wildman–Crippen LogP) is 9.17. The minimum Gasteiger partial charge on any atom is -0.0492 e. The Labute approximate surface area is 196 Å². The second kappa shape index (κ2) is 8.78. The molecule has 0 amide bonds. The summed E-state index contributed by atoms with van der Waals surface area (Å²) in [5.41, 5.74) is 2.19. The predicted molar refractivity (Wildman–Crippen MR) is 120 cm³/mol. The minimum absolute atomic E-state index is 0.834. The molecule has 0 nitrogen and oxygen atoms in total. The lowest BCUT2D eigenvalue weighted by atomic mass is 10.0. The summed E-state index contributed by atoms with van der Waals surface area (Å²) < 4.78 is 7.68. The van der Waals surface area contributed by atoms with Crippen LogP contribution in [0.2, 0.25) is 0 Å². The van der Waals surface area contributed by atoms with E-state index in [4.69, 9.17) is 0 Å². The molecule has 0 aromatic heterocycles. The van der Waals surface area contributed by atoms with Crippen LogP contribution in [-0.4, -0.2) is 0 Å². The van der Waals surface area contributed by atoms with Crippen LogP contribution in [0.3, 0.4) is 0 Å². The third-order valence-electron chi connectivity index (χ3n) is 2.83. The molecule has 0 saturated heterocycles. The van der Waals surface area contributed by atoms with Crippen LogP contribution >= 0.6 is 127 Å². The van der Waals surface area contributed by atoms with E-state index in [1.54, 1.807) is 0 Å². The van der Waals surface area contributed by atoms with E-state index < -0.39 is 0 Å². The summed E-state index contributed by atoms with van der Waals surface area (Å²) >= 11 is 28.4. The zero-order valence-electron chi connectivity index (χ0n) is 10.4. The normalized spacial score (nSPS) is 11.1. The van der Waals surface area contributed by atoms with Crippen molar-refractivity contribution in [3.63, 3.8) is 0 Å². The summed E-state index contributed by atoms with van der Waals surface area (Å²) in [7, 11) is 0. The second-order valence-corrected chi connectivity index (χ2v) is 10.6. The topological polar surface area (TPSA) is 0 Å². The number of benzene rings is 2. The standard InChI is InChI=1S/C14H4Br8/c15-7-3-5(9(17)13(21)11(7)19)1-2-6-4-8(16)12(20)14(22)10(6)18/h1-2H2. The van der Waals surface area contributed by atoms with E-state index in [9.17, 15) is 0 Å². The Kier molecular flexibility index (Phi) is 8.22. The van der Waals surface area contributed by atoms with E-state index in [1.807, 2.05) is 0 Å². The molecule has 0 fully saturated rings. The van der Waals surface area contributed by atoms with Crippen molar-refractivity contribution in [1.82, 2.24) is 0 Å². The Morgan fingerprint density at radius 1 is 0.455 bits per heavy atom. The lowest BCUT2D eigenvalue weighted by Crippen LogP contribution is -1.97. The average molecular weight is 811 g/mol. The van der Waals surface area contributed by atoms with Crippen LogP contribution in [0, 0.1) is 12.1 Å². The molecule has 2 radical (unpaired) electrons. The van der Waals surface area contributed by atoms with Gasteiger partial charge < -0.3 is 0 Å². The lowest BCUT2D eigenvalue weighted by Gasteiger charge is -2.12. The van der Waals surface area contributed by atoms with Gasteiger partial charge in [0.25, 0.3) is 0 Å². The lowest BCUT2D eigenvalue weighted by molar-refractivity contribution is 0.938. The fraction of sp³-hybridized carbons (Fsp3) is 0.143. The fourth-order valence-electron chi connectivity index (χ4n) is 1.73. The molecule has 0 atom stereocenters. The van der Waals surface area contributed by atoms with Crippen LogP contribution in [0.4, 0.5) is 0 Å². The monoisotopic (exact) mass is 803 g/mol. The summed E-state index contributed by atoms with van der Waals surface area (Å²) in [4.78, 5) is 0. The van der Waals surface area contributed by atoms with E-state index in [0.29, 0.717) is 0 Å². The molecule has 0 aliphatic rings. The molecular formula is C14H4Br8. The van der Waals surface area contributed by atoms with E-state index in [2.05, 4.69) is 140 Å². The first-order chi connectivity index (χ1) is 10.2. The molecule has 0 spiro atoms. The molecule has 0 unspecified atom stereocenters. The smallest absolute Gasteiger partial charge is 0.0477 e. The van der Waals surface area contributed by atoms with E-state index in [1.165, 1.54) is 0 Å². The number of hydrogen-bond acceptors (Lipinski definition) is 0. The number of rotatable bonds is 3. The Bertz CT molecular complexity index is 675. The zero-order valence-corrected chi connectivity index (χ0v) is 23.1. The van der Waals surface area contributed by atoms with Crippen LogP contribution in [0.1, 0.15) is 11.1 Å². The van der Waals surface area contributed by atoms with Gasteiger partial charge in [-0.2, -0.15) is 0 Å². The summed E-state index contributed by atoms with van der Waals surface area (Å²) in [5.74, 6) is 0. The van der Waals surface area contributed by atoms with Gasteiger partial charge in [-0.1, -0.05) is 0 Å². The van der Waals surface area contributed by atoms with Gasteiger partial charge in [-0.25, -0.2) is 0 Å². The third-order valence-corrected chi connectivity index (χ3v) is 12.1. The minimum atomic E-state index is 0.834. The third kappa shape index (κ3) is 4.51. The molecular weight excluding hydrogens is 807 g/mol. The van der Waals surface area contributed by atoms with Crippen molar-refractivity contribution in [1.29, 1.82) is 0 Å². The van der Waals surface area contributed by atoms with Gasteiger partial charge in [0, 0.05) is 47.9 Å². The van der Waals surface area contributed by atoms with Gasteiger partial charge in [0.1, 0.15) is 0 Å². The molecule has 0 aliphatic carbocycles. The van der Waals surface area contributed by atoms with Crippen molar-refractivity contribution in [2.24, 2.45) is 0 Å². The second-order valence-electron chi connectivity index (χ2n) is 4.22. The maximum atomic E-state index is 3.62. The highest BCUT2D eigenvalue weighted by atomic mass is 79.9. The Hall–Kier alpha value is 2.28. The highest BCUT2D eigenvalue weighted by Gasteiger charge is 2.15. The largest absolute Gasteiger partial charge is 0.0492 e. The van der Waals surface area contributed by atoms with Crippen LogP contribution in [-0.2, 0) is 12.8 Å². The van der Waals surface area contributed by atoms with Crippen LogP contribution in [0.15, 0.2) is 35.8 Å². The summed E-state index contributed by atoms with van der Waals surface area (Å²) in [5, 5.41) is 0. The number of hydrogen-bond donors (Lipinski definition) is 0.